The number of nitrogens with one attached hydrogen (secondary N) is 1. The van der Waals surface area contributed by atoms with Crippen LogP contribution in [0.3, 0.4) is 0 Å². The van der Waals surface area contributed by atoms with Crippen molar-refractivity contribution in [3.63, 3.8) is 0 Å². The molecule has 3 rings (SSSR count). The molecule has 2 aliphatic rings. The van der Waals surface area contributed by atoms with Gasteiger partial charge in [-0.15, -0.1) is 0 Å². The molecule has 1 N–H and O–H groups in total. The van der Waals surface area contributed by atoms with E-state index in [1.807, 2.05) is 0 Å². The quantitative estimate of drug-likeness (QED) is 0.928. The molecule has 0 aliphatic carbocycles. The van der Waals surface area contributed by atoms with E-state index in [0.717, 1.165) is 25.9 Å². The van der Waals surface area contributed by atoms with Crippen LogP contribution >= 0.6 is 0 Å². The Morgan fingerprint density at radius 3 is 2.48 bits per heavy atom. The van der Waals surface area contributed by atoms with Gasteiger partial charge in [0.1, 0.15) is 0 Å². The van der Waals surface area contributed by atoms with Crippen molar-refractivity contribution in [2.75, 3.05) is 38.1 Å². The Labute approximate surface area is 139 Å². The van der Waals surface area contributed by atoms with E-state index in [1.54, 1.807) is 0 Å². The van der Waals surface area contributed by atoms with Gasteiger partial charge < -0.3 is 15.1 Å². The number of hydrogen-bond donors (Lipinski definition) is 1. The monoisotopic (exact) mass is 315 g/mol. The summed E-state index contributed by atoms with van der Waals surface area (Å²) in [5.74, 6) is 0.341. The fourth-order valence-electron chi connectivity index (χ4n) is 3.74. The molecule has 2 fully saturated rings. The Balaban J connectivity index is 1.56. The first-order chi connectivity index (χ1) is 11.1. The minimum Gasteiger partial charge on any atom is -0.372 e. The van der Waals surface area contributed by atoms with E-state index in [2.05, 4.69) is 53.4 Å². The predicted molar refractivity (Wildman–Crippen MR) is 94.7 cm³/mol. The smallest absolute Gasteiger partial charge is 0.224 e. The lowest BCUT2D eigenvalue weighted by Crippen LogP contribution is -2.42. The Hall–Kier alpha value is -1.55. The lowest BCUT2D eigenvalue weighted by molar-refractivity contribution is -0.127. The molecule has 2 aliphatic heterocycles. The number of benzene rings is 1. The molecule has 0 unspecified atom stereocenters. The van der Waals surface area contributed by atoms with Gasteiger partial charge in [-0.25, -0.2) is 0 Å². The molecule has 4 nitrogen and oxygen atoms in total. The lowest BCUT2D eigenvalue weighted by Gasteiger charge is -2.29. The molecular weight excluding hydrogens is 286 g/mol. The third-order valence-corrected chi connectivity index (χ3v) is 5.22. The predicted octanol–water partition coefficient (Wildman–Crippen LogP) is 2.81. The molecule has 0 spiro atoms. The van der Waals surface area contributed by atoms with Gasteiger partial charge in [-0.3, -0.25) is 4.79 Å². The summed E-state index contributed by atoms with van der Waals surface area (Å²) in [6.07, 6.45) is 4.72. The van der Waals surface area contributed by atoms with Gasteiger partial charge in [-0.2, -0.15) is 0 Å². The second-order valence-electron chi connectivity index (χ2n) is 7.12. The molecule has 2 atom stereocenters. The summed E-state index contributed by atoms with van der Waals surface area (Å²) in [6, 6.07) is 8.77. The van der Waals surface area contributed by atoms with Crippen LogP contribution in [0.1, 0.15) is 44.2 Å². The molecule has 23 heavy (non-hydrogen) atoms. The van der Waals surface area contributed by atoms with E-state index in [1.165, 1.54) is 37.2 Å². The maximum atomic E-state index is 12.5. The number of anilines is 1. The molecule has 2 heterocycles. The number of hydrogen-bond acceptors (Lipinski definition) is 3. The van der Waals surface area contributed by atoms with Crippen molar-refractivity contribution in [1.29, 1.82) is 0 Å². The number of likely N-dealkylation sites (tertiary alicyclic amines) is 1. The topological polar surface area (TPSA) is 35.6 Å². The van der Waals surface area contributed by atoms with Gasteiger partial charge in [0.15, 0.2) is 0 Å². The van der Waals surface area contributed by atoms with E-state index < -0.39 is 0 Å². The molecule has 0 bridgehead atoms. The first-order valence-corrected chi connectivity index (χ1v) is 8.97. The molecule has 1 aromatic carbocycles. The van der Waals surface area contributed by atoms with Gasteiger partial charge in [-0.1, -0.05) is 12.1 Å². The van der Waals surface area contributed by atoms with Crippen molar-refractivity contribution >= 4 is 11.6 Å². The van der Waals surface area contributed by atoms with Crippen LogP contribution < -0.4 is 10.2 Å². The fourth-order valence-corrected chi connectivity index (χ4v) is 3.74. The molecule has 126 valence electrons. The largest absolute Gasteiger partial charge is 0.372 e. The van der Waals surface area contributed by atoms with Gasteiger partial charge in [0, 0.05) is 25.3 Å². The molecule has 0 radical (unpaired) electrons. The highest BCUT2D eigenvalue weighted by molar-refractivity contribution is 5.79. The van der Waals surface area contributed by atoms with Gasteiger partial charge >= 0.3 is 0 Å². The zero-order valence-electron chi connectivity index (χ0n) is 14.4. The summed E-state index contributed by atoms with van der Waals surface area (Å²) >= 11 is 0. The van der Waals surface area contributed by atoms with Crippen molar-refractivity contribution in [3.8, 4) is 0 Å². The van der Waals surface area contributed by atoms with Gasteiger partial charge in [0.2, 0.25) is 5.91 Å². The molecular formula is C19H29N3O. The van der Waals surface area contributed by atoms with Crippen LogP contribution in [0.2, 0.25) is 0 Å². The van der Waals surface area contributed by atoms with Crippen molar-refractivity contribution in [2.24, 2.45) is 5.92 Å². The zero-order valence-corrected chi connectivity index (χ0v) is 14.4. The molecule has 0 aromatic heterocycles. The maximum absolute atomic E-state index is 12.5. The lowest BCUT2D eigenvalue weighted by atomic mass is 9.97. The Morgan fingerprint density at radius 2 is 1.83 bits per heavy atom. The molecule has 4 heteroatoms. The van der Waals surface area contributed by atoms with Crippen LogP contribution in [0.25, 0.3) is 0 Å². The third kappa shape index (κ3) is 4.05. The van der Waals surface area contributed by atoms with Gasteiger partial charge in [0.25, 0.3) is 0 Å². The highest BCUT2D eigenvalue weighted by Crippen LogP contribution is 2.23. The van der Waals surface area contributed by atoms with Crippen LogP contribution in [0.4, 0.5) is 5.69 Å². The van der Waals surface area contributed by atoms with Crippen LogP contribution in [0.15, 0.2) is 24.3 Å². The van der Waals surface area contributed by atoms with E-state index in [9.17, 15) is 4.79 Å². The summed E-state index contributed by atoms with van der Waals surface area (Å²) in [5, 5.41) is 3.20. The summed E-state index contributed by atoms with van der Waals surface area (Å²) < 4.78 is 0. The number of carbonyl (C=O) groups is 1. The number of amides is 1. The third-order valence-electron chi connectivity index (χ3n) is 5.22. The van der Waals surface area contributed by atoms with Crippen molar-refractivity contribution in [2.45, 2.75) is 38.6 Å². The average molecular weight is 315 g/mol. The molecule has 0 saturated carbocycles. The van der Waals surface area contributed by atoms with Crippen molar-refractivity contribution < 1.29 is 4.79 Å². The van der Waals surface area contributed by atoms with E-state index in [0.29, 0.717) is 0 Å². The molecule has 2 saturated heterocycles. The normalized spacial score (nSPS) is 23.7. The van der Waals surface area contributed by atoms with Crippen molar-refractivity contribution in [3.05, 3.63) is 29.8 Å². The van der Waals surface area contributed by atoms with Crippen LogP contribution in [-0.2, 0) is 4.79 Å². The van der Waals surface area contributed by atoms with E-state index >= 15 is 0 Å². The average Bonchev–Trinajstić information content (AvgIpc) is 3.09. The minimum absolute atomic E-state index is 0.0716. The number of rotatable bonds is 4. The van der Waals surface area contributed by atoms with Crippen LogP contribution in [0.5, 0.6) is 0 Å². The highest BCUT2D eigenvalue weighted by atomic mass is 16.2. The van der Waals surface area contributed by atoms with Crippen LogP contribution in [0, 0.1) is 5.92 Å². The summed E-state index contributed by atoms with van der Waals surface area (Å²) in [4.78, 5) is 17.1. The highest BCUT2D eigenvalue weighted by Gasteiger charge is 2.25. The number of carbonyl (C=O) groups excluding carboxylic acids is 1. The standard InChI is InChI=1S/C19H29N3O/c1-15(20-19(23)17-6-5-11-21(2)14-17)16-7-9-18(10-8-16)22-12-3-4-13-22/h7-10,15,17H,3-6,11-14H2,1-2H3,(H,20,23)/t15-,17+/m0/s1. The minimum atomic E-state index is 0.0716. The number of piperidine rings is 1. The first-order valence-electron chi connectivity index (χ1n) is 8.97. The van der Waals surface area contributed by atoms with Crippen molar-refractivity contribution in [1.82, 2.24) is 10.2 Å². The number of nitrogens with zero attached hydrogens (tertiary/aromatic N) is 2. The molecule has 1 amide bonds. The fraction of sp³-hybridized carbons (Fsp3) is 0.632. The Bertz CT molecular complexity index is 522. The van der Waals surface area contributed by atoms with E-state index in [4.69, 9.17) is 0 Å². The van der Waals surface area contributed by atoms with Gasteiger partial charge in [0.05, 0.1) is 12.0 Å². The summed E-state index contributed by atoms with van der Waals surface area (Å²) in [7, 11) is 2.10. The maximum Gasteiger partial charge on any atom is 0.224 e. The first kappa shape index (κ1) is 16.3. The SMILES string of the molecule is C[C@H](NC(=O)[C@@H]1CCCN(C)C1)c1ccc(N2CCCC2)cc1. The second-order valence-corrected chi connectivity index (χ2v) is 7.12. The Morgan fingerprint density at radius 1 is 1.13 bits per heavy atom. The molecule has 1 aromatic rings. The second kappa shape index (κ2) is 7.35. The van der Waals surface area contributed by atoms with E-state index in [-0.39, 0.29) is 17.9 Å². The summed E-state index contributed by atoms with van der Waals surface area (Å²) in [5.41, 5.74) is 2.49. The Kier molecular flexibility index (Phi) is 5.21. The van der Waals surface area contributed by atoms with Gasteiger partial charge in [-0.05, 0) is 63.9 Å². The summed E-state index contributed by atoms with van der Waals surface area (Å²) in [6.45, 7) is 6.40. The zero-order chi connectivity index (χ0) is 16.2. The van der Waals surface area contributed by atoms with Crippen LogP contribution in [-0.4, -0.2) is 44.0 Å².